The van der Waals surface area contributed by atoms with Crippen molar-refractivity contribution in [3.05, 3.63) is 21.9 Å². The molecule has 1 aromatic carbocycles. The van der Waals surface area contributed by atoms with Crippen LogP contribution in [0.3, 0.4) is 0 Å². The topological polar surface area (TPSA) is 67.8 Å². The molecule has 1 aliphatic carbocycles. The zero-order chi connectivity index (χ0) is 22.7. The van der Waals surface area contributed by atoms with Crippen molar-refractivity contribution in [3.63, 3.8) is 0 Å². The summed E-state index contributed by atoms with van der Waals surface area (Å²) in [7, 11) is 0. The van der Waals surface area contributed by atoms with Crippen LogP contribution in [0.25, 0.3) is 10.9 Å². The summed E-state index contributed by atoms with van der Waals surface area (Å²) >= 11 is 9.88. The summed E-state index contributed by atoms with van der Waals surface area (Å²) < 4.78 is 12.5. The Kier molecular flexibility index (Phi) is 5.44. The molecule has 172 valence electrons. The molecule has 2 aromatic rings. The standard InChI is InChI=1S/C23H28BrClN4O3/c1-22(2,3)32-21(30)29-12-23(13-29)6-8-28(9-7-23)19-15-10-18(31-14-4-5-14)16(24)11-17(15)26-20(25)27-19/h10-11,14H,4-9,12-13H2,1-3H3. The third-order valence-electron chi connectivity index (χ3n) is 6.35. The molecule has 0 unspecified atom stereocenters. The fourth-order valence-corrected chi connectivity index (χ4v) is 5.11. The second kappa shape index (κ2) is 7.90. The largest absolute Gasteiger partial charge is 0.489 e. The Morgan fingerprint density at radius 2 is 1.88 bits per heavy atom. The van der Waals surface area contributed by atoms with Crippen LogP contribution in [-0.4, -0.2) is 58.8 Å². The number of benzene rings is 1. The second-order valence-corrected chi connectivity index (χ2v) is 11.4. The molecule has 3 fully saturated rings. The lowest BCUT2D eigenvalue weighted by Crippen LogP contribution is -2.62. The number of hydrogen-bond acceptors (Lipinski definition) is 6. The molecule has 1 aromatic heterocycles. The third-order valence-corrected chi connectivity index (χ3v) is 7.14. The Labute approximate surface area is 201 Å². The van der Waals surface area contributed by atoms with Crippen LogP contribution in [0.15, 0.2) is 16.6 Å². The molecule has 2 saturated heterocycles. The van der Waals surface area contributed by atoms with Crippen molar-refractivity contribution in [3.8, 4) is 5.75 Å². The highest BCUT2D eigenvalue weighted by Crippen LogP contribution is 2.43. The van der Waals surface area contributed by atoms with E-state index in [4.69, 9.17) is 21.1 Å². The van der Waals surface area contributed by atoms with E-state index in [0.29, 0.717) is 6.10 Å². The first kappa shape index (κ1) is 22.0. The number of amides is 1. The number of piperidine rings is 1. The second-order valence-electron chi connectivity index (χ2n) is 10.3. The zero-order valence-electron chi connectivity index (χ0n) is 18.7. The zero-order valence-corrected chi connectivity index (χ0v) is 21.0. The van der Waals surface area contributed by atoms with E-state index in [2.05, 4.69) is 30.8 Å². The minimum atomic E-state index is -0.465. The Hall–Kier alpha value is -1.80. The summed E-state index contributed by atoms with van der Waals surface area (Å²) in [6, 6.07) is 3.99. The molecule has 2 aliphatic heterocycles. The van der Waals surface area contributed by atoms with Gasteiger partial charge in [0.25, 0.3) is 0 Å². The van der Waals surface area contributed by atoms with E-state index in [1.165, 1.54) is 0 Å². The maximum absolute atomic E-state index is 12.3. The summed E-state index contributed by atoms with van der Waals surface area (Å²) in [5.41, 5.74) is 0.506. The average Bonchev–Trinajstić information content (AvgIpc) is 3.49. The molecule has 5 rings (SSSR count). The first-order valence-corrected chi connectivity index (χ1v) is 12.3. The Balaban J connectivity index is 1.30. The van der Waals surface area contributed by atoms with Gasteiger partial charge in [0.05, 0.1) is 16.1 Å². The molecule has 0 bridgehead atoms. The molecule has 0 atom stereocenters. The summed E-state index contributed by atoms with van der Waals surface area (Å²) in [4.78, 5) is 25.4. The smallest absolute Gasteiger partial charge is 0.410 e. The molecule has 0 radical (unpaired) electrons. The number of carbonyl (C=O) groups excluding carboxylic acids is 1. The van der Waals surface area contributed by atoms with E-state index in [0.717, 1.165) is 78.8 Å². The number of anilines is 1. The number of nitrogens with zero attached hydrogens (tertiary/aromatic N) is 4. The first-order valence-electron chi connectivity index (χ1n) is 11.2. The summed E-state index contributed by atoms with van der Waals surface area (Å²) in [5.74, 6) is 1.68. The predicted octanol–water partition coefficient (Wildman–Crippen LogP) is 5.42. The first-order chi connectivity index (χ1) is 15.1. The number of likely N-dealkylation sites (tertiary alicyclic amines) is 1. The molecule has 3 heterocycles. The predicted molar refractivity (Wildman–Crippen MR) is 128 cm³/mol. The lowest BCUT2D eigenvalue weighted by molar-refractivity contribution is -0.0434. The summed E-state index contributed by atoms with van der Waals surface area (Å²) in [6.07, 6.45) is 4.29. The molecular weight excluding hydrogens is 496 g/mol. The van der Waals surface area contributed by atoms with Gasteiger partial charge in [-0.25, -0.2) is 9.78 Å². The summed E-state index contributed by atoms with van der Waals surface area (Å²) in [5, 5.41) is 1.20. The van der Waals surface area contributed by atoms with Crippen molar-refractivity contribution in [1.29, 1.82) is 0 Å². The van der Waals surface area contributed by atoms with Crippen LogP contribution in [0.4, 0.5) is 10.6 Å². The number of fused-ring (bicyclic) bond motifs is 1. The number of ether oxygens (including phenoxy) is 2. The van der Waals surface area contributed by atoms with E-state index in [1.807, 2.05) is 37.8 Å². The Morgan fingerprint density at radius 1 is 1.19 bits per heavy atom. The molecule has 1 amide bonds. The van der Waals surface area contributed by atoms with Gasteiger partial charge in [-0.05, 0) is 86.1 Å². The Bertz CT molecular complexity index is 1050. The van der Waals surface area contributed by atoms with Gasteiger partial charge in [-0.3, -0.25) is 0 Å². The number of carbonyl (C=O) groups is 1. The minimum absolute atomic E-state index is 0.170. The molecule has 0 N–H and O–H groups in total. The average molecular weight is 524 g/mol. The monoisotopic (exact) mass is 522 g/mol. The molecule has 32 heavy (non-hydrogen) atoms. The number of halogens is 2. The number of aromatic nitrogens is 2. The highest BCUT2D eigenvalue weighted by Gasteiger charge is 2.48. The maximum Gasteiger partial charge on any atom is 0.410 e. The van der Waals surface area contributed by atoms with Crippen LogP contribution in [0.1, 0.15) is 46.5 Å². The highest BCUT2D eigenvalue weighted by atomic mass is 79.9. The van der Waals surface area contributed by atoms with Gasteiger partial charge in [-0.1, -0.05) is 0 Å². The lowest BCUT2D eigenvalue weighted by atomic mass is 9.72. The van der Waals surface area contributed by atoms with Crippen LogP contribution in [0, 0.1) is 5.41 Å². The van der Waals surface area contributed by atoms with Crippen molar-refractivity contribution in [1.82, 2.24) is 14.9 Å². The van der Waals surface area contributed by atoms with Crippen molar-refractivity contribution in [2.45, 2.75) is 58.2 Å². The third kappa shape index (κ3) is 4.49. The van der Waals surface area contributed by atoms with Gasteiger partial charge in [-0.15, -0.1) is 0 Å². The number of rotatable bonds is 3. The van der Waals surface area contributed by atoms with Crippen molar-refractivity contribution in [2.75, 3.05) is 31.1 Å². The van der Waals surface area contributed by atoms with E-state index in [-0.39, 0.29) is 16.8 Å². The molecule has 1 spiro atoms. The van der Waals surface area contributed by atoms with E-state index >= 15 is 0 Å². The van der Waals surface area contributed by atoms with Gasteiger partial charge < -0.3 is 19.3 Å². The van der Waals surface area contributed by atoms with Crippen LogP contribution < -0.4 is 9.64 Å². The van der Waals surface area contributed by atoms with Gasteiger partial charge in [0.2, 0.25) is 5.28 Å². The quantitative estimate of drug-likeness (QED) is 0.500. The fraction of sp³-hybridized carbons (Fsp3) is 0.609. The molecular formula is C23H28BrClN4O3. The van der Waals surface area contributed by atoms with Gasteiger partial charge in [-0.2, -0.15) is 4.98 Å². The van der Waals surface area contributed by atoms with Crippen molar-refractivity contribution in [2.24, 2.45) is 5.41 Å². The van der Waals surface area contributed by atoms with E-state index < -0.39 is 5.60 Å². The normalized spacial score (nSPS) is 20.4. The Morgan fingerprint density at radius 3 is 2.50 bits per heavy atom. The van der Waals surface area contributed by atoms with Gasteiger partial charge in [0.15, 0.2) is 0 Å². The van der Waals surface area contributed by atoms with Crippen molar-refractivity contribution < 1.29 is 14.3 Å². The maximum atomic E-state index is 12.3. The van der Waals surface area contributed by atoms with E-state index in [9.17, 15) is 4.79 Å². The molecule has 3 aliphatic rings. The lowest BCUT2D eigenvalue weighted by Gasteiger charge is -2.53. The van der Waals surface area contributed by atoms with Crippen LogP contribution in [-0.2, 0) is 4.74 Å². The molecule has 7 nitrogen and oxygen atoms in total. The van der Waals surface area contributed by atoms with Gasteiger partial charge >= 0.3 is 6.09 Å². The van der Waals surface area contributed by atoms with Crippen molar-refractivity contribution >= 4 is 50.3 Å². The molecule has 9 heteroatoms. The number of hydrogen-bond donors (Lipinski definition) is 0. The van der Waals surface area contributed by atoms with Gasteiger partial charge in [0, 0.05) is 37.0 Å². The van der Waals surface area contributed by atoms with E-state index in [1.54, 1.807) is 0 Å². The van der Waals surface area contributed by atoms with Crippen LogP contribution in [0.2, 0.25) is 5.28 Å². The van der Waals surface area contributed by atoms with Crippen LogP contribution in [0.5, 0.6) is 5.75 Å². The molecule has 1 saturated carbocycles. The van der Waals surface area contributed by atoms with Crippen LogP contribution >= 0.6 is 27.5 Å². The summed E-state index contributed by atoms with van der Waals surface area (Å²) in [6.45, 7) is 8.93. The highest BCUT2D eigenvalue weighted by molar-refractivity contribution is 9.10. The minimum Gasteiger partial charge on any atom is -0.489 e. The fourth-order valence-electron chi connectivity index (χ4n) is 4.51. The SMILES string of the molecule is CC(C)(C)OC(=O)N1CC2(CCN(c3nc(Cl)nc4cc(Br)c(OC5CC5)cc34)CC2)C1. The van der Waals surface area contributed by atoms with Gasteiger partial charge in [0.1, 0.15) is 17.2 Å².